The van der Waals surface area contributed by atoms with Gasteiger partial charge in [-0.2, -0.15) is 5.26 Å². The standard InChI is InChI=1S/C16H21N3O/c1-14(12-18)13-19(2)9-10-20-16-7-3-5-15(11-16)6-4-8-17/h3,5,7,11,14H,8-10,13,17H2,1-2H3. The van der Waals surface area contributed by atoms with Crippen LogP contribution in [0.3, 0.4) is 0 Å². The minimum absolute atomic E-state index is 0.0369. The SMILES string of the molecule is CC(C#N)CN(C)CCOc1cccc(C#CCN)c1. The van der Waals surface area contributed by atoms with Crippen molar-refractivity contribution in [2.75, 3.05) is 33.3 Å². The number of nitriles is 1. The minimum atomic E-state index is 0.0369. The van der Waals surface area contributed by atoms with Crippen LogP contribution in [0, 0.1) is 29.1 Å². The van der Waals surface area contributed by atoms with E-state index in [-0.39, 0.29) is 5.92 Å². The monoisotopic (exact) mass is 271 g/mol. The number of hydrogen-bond acceptors (Lipinski definition) is 4. The second-order valence-electron chi connectivity index (χ2n) is 4.67. The molecule has 0 aromatic heterocycles. The average molecular weight is 271 g/mol. The molecule has 0 heterocycles. The maximum absolute atomic E-state index is 8.76. The fourth-order valence-corrected chi connectivity index (χ4v) is 1.74. The van der Waals surface area contributed by atoms with Gasteiger partial charge in [0.15, 0.2) is 0 Å². The molecule has 0 fully saturated rings. The molecule has 0 aliphatic rings. The van der Waals surface area contributed by atoms with Crippen molar-refractivity contribution in [3.05, 3.63) is 29.8 Å². The summed E-state index contributed by atoms with van der Waals surface area (Å²) in [5, 5.41) is 8.76. The zero-order chi connectivity index (χ0) is 14.8. The topological polar surface area (TPSA) is 62.3 Å². The van der Waals surface area contributed by atoms with E-state index in [1.165, 1.54) is 0 Å². The average Bonchev–Trinajstić information content (AvgIpc) is 2.45. The van der Waals surface area contributed by atoms with E-state index in [0.29, 0.717) is 13.2 Å². The molecular weight excluding hydrogens is 250 g/mol. The van der Waals surface area contributed by atoms with Gasteiger partial charge in [-0.1, -0.05) is 17.9 Å². The first-order chi connectivity index (χ1) is 9.65. The zero-order valence-corrected chi connectivity index (χ0v) is 12.1. The van der Waals surface area contributed by atoms with Crippen molar-refractivity contribution in [1.82, 2.24) is 4.90 Å². The maximum atomic E-state index is 8.76. The summed E-state index contributed by atoms with van der Waals surface area (Å²) >= 11 is 0. The quantitative estimate of drug-likeness (QED) is 0.796. The molecule has 1 atom stereocenters. The molecule has 0 saturated carbocycles. The Balaban J connectivity index is 2.40. The summed E-state index contributed by atoms with van der Waals surface area (Å²) in [5.74, 6) is 6.63. The molecule has 106 valence electrons. The van der Waals surface area contributed by atoms with Crippen molar-refractivity contribution in [1.29, 1.82) is 5.26 Å². The lowest BCUT2D eigenvalue weighted by Gasteiger charge is -2.17. The Kier molecular flexibility index (Phi) is 7.21. The molecule has 0 aliphatic heterocycles. The molecule has 1 rings (SSSR count). The van der Waals surface area contributed by atoms with Crippen LogP contribution in [0.1, 0.15) is 12.5 Å². The molecule has 0 spiro atoms. The lowest BCUT2D eigenvalue weighted by molar-refractivity contribution is 0.228. The van der Waals surface area contributed by atoms with E-state index in [9.17, 15) is 0 Å². The van der Waals surface area contributed by atoms with Crippen LogP contribution >= 0.6 is 0 Å². The van der Waals surface area contributed by atoms with Gasteiger partial charge in [0.2, 0.25) is 0 Å². The number of likely N-dealkylation sites (N-methyl/N-ethyl adjacent to an activating group) is 1. The highest BCUT2D eigenvalue weighted by atomic mass is 16.5. The summed E-state index contributed by atoms with van der Waals surface area (Å²) in [6, 6.07) is 9.88. The summed E-state index contributed by atoms with van der Waals surface area (Å²) in [5.41, 5.74) is 6.25. The third kappa shape index (κ3) is 6.24. The first-order valence-electron chi connectivity index (χ1n) is 6.65. The highest BCUT2D eigenvalue weighted by Gasteiger charge is 2.05. The van der Waals surface area contributed by atoms with Gasteiger partial charge in [-0.3, -0.25) is 0 Å². The van der Waals surface area contributed by atoms with Crippen molar-refractivity contribution in [3.63, 3.8) is 0 Å². The molecule has 1 unspecified atom stereocenters. The number of hydrogen-bond donors (Lipinski definition) is 1. The Hall–Kier alpha value is -2.01. The van der Waals surface area contributed by atoms with E-state index in [1.54, 1.807) is 0 Å². The molecule has 4 heteroatoms. The van der Waals surface area contributed by atoms with Crippen molar-refractivity contribution >= 4 is 0 Å². The van der Waals surface area contributed by atoms with Crippen molar-refractivity contribution in [2.45, 2.75) is 6.92 Å². The highest BCUT2D eigenvalue weighted by Crippen LogP contribution is 2.12. The summed E-state index contributed by atoms with van der Waals surface area (Å²) in [6.45, 7) is 4.39. The van der Waals surface area contributed by atoms with E-state index >= 15 is 0 Å². The zero-order valence-electron chi connectivity index (χ0n) is 12.1. The molecule has 4 nitrogen and oxygen atoms in total. The molecule has 2 N–H and O–H groups in total. The molecule has 1 aromatic rings. The van der Waals surface area contributed by atoms with Gasteiger partial charge < -0.3 is 15.4 Å². The van der Waals surface area contributed by atoms with Crippen LogP contribution in [-0.4, -0.2) is 38.2 Å². The molecule has 0 radical (unpaired) electrons. The summed E-state index contributed by atoms with van der Waals surface area (Å²) in [4.78, 5) is 2.09. The largest absolute Gasteiger partial charge is 0.492 e. The Morgan fingerprint density at radius 3 is 2.95 bits per heavy atom. The molecule has 0 amide bonds. The van der Waals surface area contributed by atoms with Gasteiger partial charge in [-0.25, -0.2) is 0 Å². The normalized spacial score (nSPS) is 11.3. The Morgan fingerprint density at radius 2 is 2.25 bits per heavy atom. The van der Waals surface area contributed by atoms with Crippen molar-refractivity contribution in [3.8, 4) is 23.7 Å². The summed E-state index contributed by atoms with van der Waals surface area (Å²) in [7, 11) is 1.99. The van der Waals surface area contributed by atoms with E-state index in [0.717, 1.165) is 24.4 Å². The predicted molar refractivity (Wildman–Crippen MR) is 80.1 cm³/mol. The van der Waals surface area contributed by atoms with Gasteiger partial charge in [0.25, 0.3) is 0 Å². The molecule has 0 aliphatic carbocycles. The van der Waals surface area contributed by atoms with E-state index in [1.807, 2.05) is 38.2 Å². The molecule has 0 bridgehead atoms. The van der Waals surface area contributed by atoms with Gasteiger partial charge in [-0.05, 0) is 32.2 Å². The van der Waals surface area contributed by atoms with E-state index in [4.69, 9.17) is 15.7 Å². The molecule has 1 aromatic carbocycles. The number of nitrogens with two attached hydrogens (primary N) is 1. The fraction of sp³-hybridized carbons (Fsp3) is 0.438. The number of nitrogens with zero attached hydrogens (tertiary/aromatic N) is 2. The van der Waals surface area contributed by atoms with Crippen molar-refractivity contribution in [2.24, 2.45) is 11.7 Å². The Bertz CT molecular complexity index is 510. The number of rotatable bonds is 6. The third-order valence-electron chi connectivity index (χ3n) is 2.72. The number of ether oxygens (including phenoxy) is 1. The van der Waals surface area contributed by atoms with Crippen molar-refractivity contribution < 1.29 is 4.74 Å². The van der Waals surface area contributed by atoms with Crippen LogP contribution in [-0.2, 0) is 0 Å². The van der Waals surface area contributed by atoms with Crippen LogP contribution in [0.4, 0.5) is 0 Å². The third-order valence-corrected chi connectivity index (χ3v) is 2.72. The molecule has 20 heavy (non-hydrogen) atoms. The summed E-state index contributed by atoms with van der Waals surface area (Å²) in [6.07, 6.45) is 0. The van der Waals surface area contributed by atoms with Crippen LogP contribution < -0.4 is 10.5 Å². The summed E-state index contributed by atoms with van der Waals surface area (Å²) < 4.78 is 5.69. The lowest BCUT2D eigenvalue weighted by atomic mass is 10.2. The molecule has 0 saturated heterocycles. The van der Waals surface area contributed by atoms with Crippen LogP contribution in [0.25, 0.3) is 0 Å². The lowest BCUT2D eigenvalue weighted by Crippen LogP contribution is -2.28. The van der Waals surface area contributed by atoms with Crippen LogP contribution in [0.2, 0.25) is 0 Å². The van der Waals surface area contributed by atoms with Gasteiger partial charge in [0, 0.05) is 18.7 Å². The van der Waals surface area contributed by atoms with E-state index in [2.05, 4.69) is 22.8 Å². The van der Waals surface area contributed by atoms with Gasteiger partial charge in [0.1, 0.15) is 12.4 Å². The van der Waals surface area contributed by atoms with Crippen LogP contribution in [0.15, 0.2) is 24.3 Å². The second kappa shape index (κ2) is 8.98. The Labute approximate surface area is 121 Å². The predicted octanol–water partition coefficient (Wildman–Crippen LogP) is 1.47. The second-order valence-corrected chi connectivity index (χ2v) is 4.67. The Morgan fingerprint density at radius 1 is 1.45 bits per heavy atom. The smallest absolute Gasteiger partial charge is 0.120 e. The van der Waals surface area contributed by atoms with E-state index < -0.39 is 0 Å². The van der Waals surface area contributed by atoms with Crippen LogP contribution in [0.5, 0.6) is 5.75 Å². The van der Waals surface area contributed by atoms with Gasteiger partial charge in [0.05, 0.1) is 18.5 Å². The number of benzene rings is 1. The maximum Gasteiger partial charge on any atom is 0.120 e. The van der Waals surface area contributed by atoms with Gasteiger partial charge >= 0.3 is 0 Å². The first kappa shape index (κ1) is 16.0. The molecular formula is C16H21N3O. The van der Waals surface area contributed by atoms with Gasteiger partial charge in [-0.15, -0.1) is 0 Å². The fourth-order valence-electron chi connectivity index (χ4n) is 1.74. The first-order valence-corrected chi connectivity index (χ1v) is 6.65. The minimum Gasteiger partial charge on any atom is -0.492 e. The highest BCUT2D eigenvalue weighted by molar-refractivity contribution is 5.39.